The second-order valence-electron chi connectivity index (χ2n) is 3.58. The molecule has 0 fully saturated rings. The molecule has 0 aromatic heterocycles. The van der Waals surface area contributed by atoms with Crippen molar-refractivity contribution < 1.29 is 9.72 Å². The highest BCUT2D eigenvalue weighted by Crippen LogP contribution is 2.29. The van der Waals surface area contributed by atoms with E-state index in [-0.39, 0.29) is 27.2 Å². The van der Waals surface area contributed by atoms with Crippen LogP contribution in [0.4, 0.5) is 5.69 Å². The van der Waals surface area contributed by atoms with Crippen LogP contribution in [0.25, 0.3) is 0 Å². The second-order valence-corrected chi connectivity index (χ2v) is 4.39. The molecule has 0 aliphatic carbocycles. The predicted octanol–water partition coefficient (Wildman–Crippen LogP) is 2.78. The molecule has 0 aliphatic heterocycles. The van der Waals surface area contributed by atoms with Gasteiger partial charge in [-0.05, 0) is 6.07 Å². The molecule has 1 amide bonds. The Labute approximate surface area is 120 Å². The van der Waals surface area contributed by atoms with Crippen molar-refractivity contribution in [3.8, 4) is 11.8 Å². The number of rotatable bonds is 3. The molecule has 100 valence electrons. The van der Waals surface area contributed by atoms with Crippen LogP contribution in [0, 0.1) is 22.0 Å². The molecule has 0 bridgehead atoms. The third-order valence-corrected chi connectivity index (χ3v) is 2.80. The van der Waals surface area contributed by atoms with Gasteiger partial charge in [-0.25, -0.2) is 0 Å². The average Bonchev–Trinajstić information content (AvgIpc) is 2.32. The van der Waals surface area contributed by atoms with Gasteiger partial charge in [0.1, 0.15) is 5.56 Å². The summed E-state index contributed by atoms with van der Waals surface area (Å²) in [5, 5.41) is 13.7. The Hall–Kier alpha value is -1.77. The number of carbonyl (C=O) groups excluding carboxylic acids is 1. The average molecular weight is 301 g/mol. The first-order chi connectivity index (χ1) is 8.91. The highest BCUT2D eigenvalue weighted by atomic mass is 35.5. The molecular weight excluding hydrogens is 291 g/mol. The zero-order valence-corrected chi connectivity index (χ0v) is 11.5. The summed E-state index contributed by atoms with van der Waals surface area (Å²) in [6, 6.07) is 2.52. The minimum absolute atomic E-state index is 0.108. The van der Waals surface area contributed by atoms with E-state index in [1.807, 2.05) is 0 Å². The smallest absolute Gasteiger partial charge is 0.286 e. The third-order valence-electron chi connectivity index (χ3n) is 2.08. The zero-order valence-electron chi connectivity index (χ0n) is 10.00. The Morgan fingerprint density at radius 1 is 1.42 bits per heavy atom. The van der Waals surface area contributed by atoms with Gasteiger partial charge in [-0.3, -0.25) is 14.9 Å². The molecule has 0 spiro atoms. The fourth-order valence-electron chi connectivity index (χ4n) is 1.25. The van der Waals surface area contributed by atoms with Crippen LogP contribution in [0.15, 0.2) is 12.1 Å². The molecule has 0 unspecified atom stereocenters. The lowest BCUT2D eigenvalue weighted by Gasteiger charge is -1.99. The van der Waals surface area contributed by atoms with Gasteiger partial charge in [0.25, 0.3) is 5.69 Å². The molecular formula is C12H10Cl2N2O3. The normalized spacial score (nSPS) is 9.42. The standard InChI is InChI=1S/C12H10Cl2N2O3/c1-8(17)15-5-3-2-4-9-6-10(13)11(14)7-12(9)16(18)19/h6-7H,3,5H2,1H3,(H,15,17). The van der Waals surface area contributed by atoms with E-state index in [1.54, 1.807) is 0 Å². The fourth-order valence-corrected chi connectivity index (χ4v) is 1.57. The van der Waals surface area contributed by atoms with Crippen molar-refractivity contribution in [2.75, 3.05) is 6.54 Å². The second kappa shape index (κ2) is 6.98. The van der Waals surface area contributed by atoms with E-state index >= 15 is 0 Å². The molecule has 5 nitrogen and oxygen atoms in total. The molecule has 0 atom stereocenters. The van der Waals surface area contributed by atoms with Gasteiger partial charge in [0.2, 0.25) is 5.91 Å². The molecule has 0 saturated carbocycles. The topological polar surface area (TPSA) is 72.2 Å². The van der Waals surface area contributed by atoms with Gasteiger partial charge in [0.15, 0.2) is 0 Å². The number of halogens is 2. The van der Waals surface area contributed by atoms with Gasteiger partial charge in [-0.1, -0.05) is 35.0 Å². The summed E-state index contributed by atoms with van der Waals surface area (Å²) >= 11 is 11.5. The van der Waals surface area contributed by atoms with Crippen LogP contribution in [0.1, 0.15) is 18.9 Å². The fraction of sp³-hybridized carbons (Fsp3) is 0.250. The summed E-state index contributed by atoms with van der Waals surface area (Å²) in [6.45, 7) is 1.79. The van der Waals surface area contributed by atoms with Crippen molar-refractivity contribution in [3.05, 3.63) is 37.9 Å². The van der Waals surface area contributed by atoms with Crippen molar-refractivity contribution in [1.82, 2.24) is 5.32 Å². The number of hydrogen-bond donors (Lipinski definition) is 1. The number of nitrogens with one attached hydrogen (secondary N) is 1. The monoisotopic (exact) mass is 300 g/mol. The van der Waals surface area contributed by atoms with Crippen molar-refractivity contribution in [1.29, 1.82) is 0 Å². The summed E-state index contributed by atoms with van der Waals surface area (Å²) in [7, 11) is 0. The minimum Gasteiger partial charge on any atom is -0.355 e. The third kappa shape index (κ3) is 4.78. The number of hydrogen-bond acceptors (Lipinski definition) is 3. The highest BCUT2D eigenvalue weighted by molar-refractivity contribution is 6.42. The summed E-state index contributed by atoms with van der Waals surface area (Å²) in [5.41, 5.74) is 0.00338. The van der Waals surface area contributed by atoms with E-state index in [9.17, 15) is 14.9 Å². The van der Waals surface area contributed by atoms with Crippen LogP contribution < -0.4 is 5.32 Å². The van der Waals surface area contributed by atoms with Gasteiger partial charge in [0.05, 0.1) is 15.0 Å². The number of nitro groups is 1. The number of nitrogens with zero attached hydrogens (tertiary/aromatic N) is 1. The van der Waals surface area contributed by atoms with E-state index in [0.29, 0.717) is 13.0 Å². The first kappa shape index (κ1) is 15.3. The number of benzene rings is 1. The lowest BCUT2D eigenvalue weighted by Crippen LogP contribution is -2.20. The minimum atomic E-state index is -0.569. The largest absolute Gasteiger partial charge is 0.355 e. The lowest BCUT2D eigenvalue weighted by molar-refractivity contribution is -0.385. The van der Waals surface area contributed by atoms with E-state index < -0.39 is 4.92 Å². The molecule has 1 aromatic rings. The molecule has 7 heteroatoms. The Kier molecular flexibility index (Phi) is 5.61. The number of carbonyl (C=O) groups is 1. The van der Waals surface area contributed by atoms with Crippen molar-refractivity contribution >= 4 is 34.8 Å². The summed E-state index contributed by atoms with van der Waals surface area (Å²) in [5.74, 6) is 5.23. The van der Waals surface area contributed by atoms with Crippen molar-refractivity contribution in [2.45, 2.75) is 13.3 Å². The Morgan fingerprint density at radius 3 is 2.63 bits per heavy atom. The lowest BCUT2D eigenvalue weighted by atomic mass is 10.2. The van der Waals surface area contributed by atoms with Crippen molar-refractivity contribution in [2.24, 2.45) is 0 Å². The Balaban J connectivity index is 2.88. The van der Waals surface area contributed by atoms with Gasteiger partial charge in [0, 0.05) is 26.0 Å². The van der Waals surface area contributed by atoms with Gasteiger partial charge < -0.3 is 5.32 Å². The maximum atomic E-state index is 10.8. The summed E-state index contributed by atoms with van der Waals surface area (Å²) in [6.07, 6.45) is 0.386. The quantitative estimate of drug-likeness (QED) is 0.404. The Bertz CT molecular complexity index is 576. The molecule has 1 rings (SSSR count). The highest BCUT2D eigenvalue weighted by Gasteiger charge is 2.15. The van der Waals surface area contributed by atoms with Crippen LogP contribution in [-0.2, 0) is 4.79 Å². The predicted molar refractivity (Wildman–Crippen MR) is 73.3 cm³/mol. The zero-order chi connectivity index (χ0) is 14.4. The van der Waals surface area contributed by atoms with Crippen LogP contribution >= 0.6 is 23.2 Å². The SMILES string of the molecule is CC(=O)NCCC#Cc1cc(Cl)c(Cl)cc1[N+](=O)[O-]. The van der Waals surface area contributed by atoms with Crippen LogP contribution in [0.3, 0.4) is 0 Å². The first-order valence-electron chi connectivity index (χ1n) is 5.28. The van der Waals surface area contributed by atoms with Crippen molar-refractivity contribution in [3.63, 3.8) is 0 Å². The van der Waals surface area contributed by atoms with E-state index in [2.05, 4.69) is 17.2 Å². The maximum Gasteiger partial charge on any atom is 0.286 e. The number of nitro benzene ring substituents is 1. The molecule has 0 aliphatic rings. The molecule has 0 radical (unpaired) electrons. The van der Waals surface area contributed by atoms with Crippen LogP contribution in [0.5, 0.6) is 0 Å². The molecule has 0 saturated heterocycles. The van der Waals surface area contributed by atoms with E-state index in [1.165, 1.54) is 19.1 Å². The Morgan fingerprint density at radius 2 is 2.05 bits per heavy atom. The molecule has 1 N–H and O–H groups in total. The summed E-state index contributed by atoms with van der Waals surface area (Å²) < 4.78 is 0. The molecule has 0 heterocycles. The van der Waals surface area contributed by atoms with E-state index in [4.69, 9.17) is 23.2 Å². The van der Waals surface area contributed by atoms with Gasteiger partial charge in [-0.15, -0.1) is 0 Å². The van der Waals surface area contributed by atoms with Gasteiger partial charge in [-0.2, -0.15) is 0 Å². The van der Waals surface area contributed by atoms with Crippen LogP contribution in [0.2, 0.25) is 10.0 Å². The molecule has 19 heavy (non-hydrogen) atoms. The summed E-state index contributed by atoms with van der Waals surface area (Å²) in [4.78, 5) is 20.9. The van der Waals surface area contributed by atoms with Crippen LogP contribution in [-0.4, -0.2) is 17.4 Å². The van der Waals surface area contributed by atoms with Gasteiger partial charge >= 0.3 is 0 Å². The number of amides is 1. The first-order valence-corrected chi connectivity index (χ1v) is 6.04. The molecule has 1 aromatic carbocycles. The maximum absolute atomic E-state index is 10.8. The van der Waals surface area contributed by atoms with E-state index in [0.717, 1.165) is 0 Å².